The molecule has 2 aliphatic rings. The third-order valence-corrected chi connectivity index (χ3v) is 8.66. The van der Waals surface area contributed by atoms with Crippen LogP contribution >= 0.6 is 0 Å². The van der Waals surface area contributed by atoms with E-state index in [2.05, 4.69) is 24.1 Å². The molecule has 3 rings (SSSR count). The van der Waals surface area contributed by atoms with E-state index in [0.29, 0.717) is 42.9 Å². The van der Waals surface area contributed by atoms with Gasteiger partial charge in [-0.25, -0.2) is 8.42 Å². The number of amides is 1. The number of benzene rings is 1. The lowest BCUT2D eigenvalue weighted by Crippen LogP contribution is -2.48. The SMILES string of the molecule is Cc1ccc(S(=O)(=O)N(CCC(=O)N2CCNCC2)CCN2CC(C)CC(C)C2)c(C)c1. The number of likely N-dealkylation sites (tertiary alicyclic amines) is 1. The summed E-state index contributed by atoms with van der Waals surface area (Å²) in [4.78, 5) is 17.3. The number of piperazine rings is 1. The van der Waals surface area contributed by atoms with Gasteiger partial charge < -0.3 is 15.1 Å². The first-order chi connectivity index (χ1) is 15.2. The van der Waals surface area contributed by atoms with Gasteiger partial charge in [0.15, 0.2) is 0 Å². The number of sulfonamides is 1. The van der Waals surface area contributed by atoms with Crippen molar-refractivity contribution < 1.29 is 13.2 Å². The molecule has 7 nitrogen and oxygen atoms in total. The average Bonchev–Trinajstić information content (AvgIpc) is 2.73. The van der Waals surface area contributed by atoms with Crippen molar-refractivity contribution in [2.45, 2.75) is 45.4 Å². The lowest BCUT2D eigenvalue weighted by molar-refractivity contribution is -0.131. The van der Waals surface area contributed by atoms with E-state index >= 15 is 0 Å². The highest BCUT2D eigenvalue weighted by atomic mass is 32.2. The van der Waals surface area contributed by atoms with Gasteiger partial charge >= 0.3 is 0 Å². The summed E-state index contributed by atoms with van der Waals surface area (Å²) in [6, 6.07) is 5.46. The van der Waals surface area contributed by atoms with Crippen LogP contribution in [0.5, 0.6) is 0 Å². The molecule has 2 atom stereocenters. The number of nitrogens with one attached hydrogen (secondary N) is 1. The van der Waals surface area contributed by atoms with Gasteiger partial charge in [0.05, 0.1) is 4.90 Å². The quantitative estimate of drug-likeness (QED) is 0.638. The van der Waals surface area contributed by atoms with Crippen molar-refractivity contribution in [1.29, 1.82) is 0 Å². The van der Waals surface area contributed by atoms with Crippen LogP contribution in [0.2, 0.25) is 0 Å². The fourth-order valence-corrected chi connectivity index (χ4v) is 6.74. The molecular formula is C24H40N4O3S. The van der Waals surface area contributed by atoms with Crippen LogP contribution in [0.4, 0.5) is 0 Å². The monoisotopic (exact) mass is 464 g/mol. The molecule has 32 heavy (non-hydrogen) atoms. The molecular weight excluding hydrogens is 424 g/mol. The smallest absolute Gasteiger partial charge is 0.243 e. The zero-order valence-corrected chi connectivity index (χ0v) is 21.0. The van der Waals surface area contributed by atoms with E-state index in [1.807, 2.05) is 30.9 Å². The molecule has 1 N–H and O–H groups in total. The number of carbonyl (C=O) groups excluding carboxylic acids is 1. The minimum absolute atomic E-state index is 0.0348. The molecule has 2 saturated heterocycles. The number of carbonyl (C=O) groups is 1. The Bertz CT molecular complexity index is 873. The van der Waals surface area contributed by atoms with Crippen LogP contribution in [0.25, 0.3) is 0 Å². The van der Waals surface area contributed by atoms with E-state index in [1.165, 1.54) is 10.7 Å². The minimum atomic E-state index is -3.68. The summed E-state index contributed by atoms with van der Waals surface area (Å²) in [5.74, 6) is 1.28. The molecule has 2 aliphatic heterocycles. The van der Waals surface area contributed by atoms with Gasteiger partial charge in [-0.1, -0.05) is 31.5 Å². The summed E-state index contributed by atoms with van der Waals surface area (Å²) in [7, 11) is -3.68. The number of piperidine rings is 1. The number of rotatable bonds is 8. The predicted molar refractivity (Wildman–Crippen MR) is 128 cm³/mol. The van der Waals surface area contributed by atoms with Crippen molar-refractivity contribution in [2.24, 2.45) is 11.8 Å². The minimum Gasteiger partial charge on any atom is -0.340 e. The maximum Gasteiger partial charge on any atom is 0.243 e. The van der Waals surface area contributed by atoms with Gasteiger partial charge in [0.25, 0.3) is 0 Å². The van der Waals surface area contributed by atoms with Gasteiger partial charge in [-0.2, -0.15) is 4.31 Å². The molecule has 2 unspecified atom stereocenters. The summed E-state index contributed by atoms with van der Waals surface area (Å²) in [6.45, 7) is 14.6. The Morgan fingerprint density at radius 3 is 2.38 bits per heavy atom. The van der Waals surface area contributed by atoms with Crippen molar-refractivity contribution >= 4 is 15.9 Å². The first-order valence-electron chi connectivity index (χ1n) is 11.9. The highest BCUT2D eigenvalue weighted by molar-refractivity contribution is 7.89. The number of hydrogen-bond acceptors (Lipinski definition) is 5. The summed E-state index contributed by atoms with van der Waals surface area (Å²) >= 11 is 0. The first kappa shape index (κ1) is 25.1. The largest absolute Gasteiger partial charge is 0.340 e. The van der Waals surface area contributed by atoms with Gasteiger partial charge in [-0.3, -0.25) is 4.79 Å². The molecule has 1 amide bonds. The molecule has 8 heteroatoms. The molecule has 1 aromatic carbocycles. The number of nitrogens with zero attached hydrogens (tertiary/aromatic N) is 3. The van der Waals surface area contributed by atoms with Crippen LogP contribution in [-0.2, 0) is 14.8 Å². The standard InChI is InChI=1S/C24H40N4O3S/c1-19-5-6-23(22(4)16-19)32(30,31)28(10-7-24(29)27-11-8-25-9-12-27)14-13-26-17-20(2)15-21(3)18-26/h5-6,16,20-21,25H,7-15,17-18H2,1-4H3. The second-order valence-electron chi connectivity index (χ2n) is 9.76. The van der Waals surface area contributed by atoms with E-state index in [4.69, 9.17) is 0 Å². The maximum absolute atomic E-state index is 13.6. The third-order valence-electron chi connectivity index (χ3n) is 6.60. The van der Waals surface area contributed by atoms with Crippen LogP contribution in [-0.4, -0.2) is 87.3 Å². The van der Waals surface area contributed by atoms with Crippen LogP contribution in [0, 0.1) is 25.7 Å². The van der Waals surface area contributed by atoms with Crippen molar-refractivity contribution in [3.63, 3.8) is 0 Å². The van der Waals surface area contributed by atoms with E-state index in [9.17, 15) is 13.2 Å². The van der Waals surface area contributed by atoms with E-state index in [1.54, 1.807) is 6.07 Å². The lowest BCUT2D eigenvalue weighted by atomic mass is 9.92. The highest BCUT2D eigenvalue weighted by Gasteiger charge is 2.29. The first-order valence-corrected chi connectivity index (χ1v) is 13.4. The molecule has 0 aliphatic carbocycles. The van der Waals surface area contributed by atoms with E-state index < -0.39 is 10.0 Å². The Labute approximate surface area is 194 Å². The molecule has 0 radical (unpaired) electrons. The molecule has 1 aromatic rings. The van der Waals surface area contributed by atoms with Gasteiger partial charge in [0, 0.05) is 65.3 Å². The molecule has 180 valence electrons. The van der Waals surface area contributed by atoms with Crippen molar-refractivity contribution in [3.8, 4) is 0 Å². The van der Waals surface area contributed by atoms with Crippen LogP contribution in [0.15, 0.2) is 23.1 Å². The number of aryl methyl sites for hydroxylation is 2. The summed E-state index contributed by atoms with van der Waals surface area (Å²) in [5.41, 5.74) is 1.79. The topological polar surface area (TPSA) is 73.0 Å². The van der Waals surface area contributed by atoms with E-state index in [-0.39, 0.29) is 18.9 Å². The molecule has 0 saturated carbocycles. The summed E-state index contributed by atoms with van der Waals surface area (Å²) in [6.07, 6.45) is 1.44. The predicted octanol–water partition coefficient (Wildman–Crippen LogP) is 2.09. The maximum atomic E-state index is 13.6. The van der Waals surface area contributed by atoms with Gasteiger partial charge in [-0.15, -0.1) is 0 Å². The molecule has 2 fully saturated rings. The summed E-state index contributed by atoms with van der Waals surface area (Å²) < 4.78 is 28.8. The Hall–Kier alpha value is -1.48. The molecule has 2 heterocycles. The Morgan fingerprint density at radius 2 is 1.75 bits per heavy atom. The van der Waals surface area contributed by atoms with Crippen LogP contribution < -0.4 is 5.32 Å². The fourth-order valence-electron chi connectivity index (χ4n) is 5.10. The molecule has 0 spiro atoms. The van der Waals surface area contributed by atoms with Gasteiger partial charge in [-0.05, 0) is 43.7 Å². The lowest BCUT2D eigenvalue weighted by Gasteiger charge is -2.36. The van der Waals surface area contributed by atoms with Crippen molar-refractivity contribution in [2.75, 3.05) is 58.9 Å². The zero-order chi connectivity index (χ0) is 23.3. The van der Waals surface area contributed by atoms with Crippen LogP contribution in [0.3, 0.4) is 0 Å². The fraction of sp³-hybridized carbons (Fsp3) is 0.708. The summed E-state index contributed by atoms with van der Waals surface area (Å²) in [5, 5.41) is 3.25. The second-order valence-corrected chi connectivity index (χ2v) is 11.7. The Kier molecular flexibility index (Phi) is 8.72. The third kappa shape index (κ3) is 6.53. The van der Waals surface area contributed by atoms with Gasteiger partial charge in [0.1, 0.15) is 0 Å². The number of hydrogen-bond donors (Lipinski definition) is 1. The highest BCUT2D eigenvalue weighted by Crippen LogP contribution is 2.23. The normalized spacial score (nSPS) is 23.0. The van der Waals surface area contributed by atoms with E-state index in [0.717, 1.165) is 37.3 Å². The average molecular weight is 465 g/mol. The second kappa shape index (κ2) is 11.1. The van der Waals surface area contributed by atoms with Gasteiger partial charge in [0.2, 0.25) is 15.9 Å². The molecule has 0 aromatic heterocycles. The van der Waals surface area contributed by atoms with Crippen molar-refractivity contribution in [1.82, 2.24) is 19.4 Å². The zero-order valence-electron chi connectivity index (χ0n) is 20.1. The van der Waals surface area contributed by atoms with Crippen molar-refractivity contribution in [3.05, 3.63) is 29.3 Å². The van der Waals surface area contributed by atoms with Crippen LogP contribution in [0.1, 0.15) is 37.8 Å². The Morgan fingerprint density at radius 1 is 1.09 bits per heavy atom. The Balaban J connectivity index is 1.74. The molecule has 0 bridgehead atoms.